The van der Waals surface area contributed by atoms with Gasteiger partial charge in [0.15, 0.2) is 0 Å². The maximum atomic E-state index is 6.93. The molecule has 2 nitrogen and oxygen atoms in total. The van der Waals surface area contributed by atoms with Gasteiger partial charge in [-0.15, -0.1) is 0 Å². The van der Waals surface area contributed by atoms with Crippen molar-refractivity contribution in [2.75, 3.05) is 0 Å². The summed E-state index contributed by atoms with van der Waals surface area (Å²) in [7, 11) is 0. The number of rotatable bonds is 6. The Hall–Kier alpha value is -11.1. The van der Waals surface area contributed by atoms with Crippen LogP contribution in [0, 0.1) is 0 Å². The Kier molecular flexibility index (Phi) is 10.1. The third kappa shape index (κ3) is 7.11. The normalized spacial score (nSPS) is 12.0. The number of fused-ring (bicyclic) bond motifs is 15. The van der Waals surface area contributed by atoms with Crippen LogP contribution in [-0.4, -0.2) is 0 Å². The Bertz CT molecular complexity index is 5680. The van der Waals surface area contributed by atoms with Gasteiger partial charge in [-0.2, -0.15) is 0 Å². The summed E-state index contributed by atoms with van der Waals surface area (Å²) in [5, 5.41) is 21.2. The molecule has 0 saturated carbocycles. The molecule has 0 fully saturated rings. The van der Waals surface area contributed by atoms with Crippen LogP contribution >= 0.6 is 0 Å². The average molecular weight is 1070 g/mol. The molecule has 0 aliphatic carbocycles. The van der Waals surface area contributed by atoms with Crippen molar-refractivity contribution >= 4 is 119 Å². The Balaban J connectivity index is 0.739. The van der Waals surface area contributed by atoms with E-state index in [0.29, 0.717) is 0 Å². The van der Waals surface area contributed by atoms with Crippen molar-refractivity contribution in [2.45, 2.75) is 0 Å². The Morgan fingerprint density at radius 1 is 0.155 bits per heavy atom. The molecule has 0 atom stereocenters. The first-order valence-electron chi connectivity index (χ1n) is 28.9. The van der Waals surface area contributed by atoms with Crippen LogP contribution in [0.25, 0.3) is 186 Å². The third-order valence-corrected chi connectivity index (χ3v) is 18.0. The largest absolute Gasteiger partial charge is 0.455 e. The van der Waals surface area contributed by atoms with Crippen LogP contribution < -0.4 is 0 Å². The van der Waals surface area contributed by atoms with Crippen LogP contribution in [0.15, 0.2) is 300 Å². The molecule has 18 rings (SSSR count). The van der Waals surface area contributed by atoms with E-state index in [1.165, 1.54) is 115 Å². The summed E-state index contributed by atoms with van der Waals surface area (Å²) >= 11 is 0. The highest BCUT2D eigenvalue weighted by Crippen LogP contribution is 2.49. The van der Waals surface area contributed by atoms with Crippen molar-refractivity contribution in [1.82, 2.24) is 0 Å². The summed E-state index contributed by atoms with van der Waals surface area (Å²) in [4.78, 5) is 0. The van der Waals surface area contributed by atoms with Crippen LogP contribution in [0.5, 0.6) is 0 Å². The van der Waals surface area contributed by atoms with Gasteiger partial charge in [-0.3, -0.25) is 0 Å². The van der Waals surface area contributed by atoms with Crippen molar-refractivity contribution < 1.29 is 8.83 Å². The van der Waals surface area contributed by atoms with Crippen molar-refractivity contribution in [1.29, 1.82) is 0 Å². The van der Waals surface area contributed by atoms with Gasteiger partial charge in [0.1, 0.15) is 22.3 Å². The number of benzene rings is 16. The first kappa shape index (κ1) is 46.7. The van der Waals surface area contributed by atoms with Gasteiger partial charge < -0.3 is 8.83 Å². The van der Waals surface area contributed by atoms with E-state index in [2.05, 4.69) is 291 Å². The second-order valence-electron chi connectivity index (χ2n) is 22.6. The molecule has 0 spiro atoms. The lowest BCUT2D eigenvalue weighted by atomic mass is 9.85. The quantitative estimate of drug-likeness (QED) is 0.155. The second-order valence-corrected chi connectivity index (χ2v) is 22.6. The van der Waals surface area contributed by atoms with E-state index in [4.69, 9.17) is 8.83 Å². The molecule has 0 N–H and O–H groups in total. The van der Waals surface area contributed by atoms with Gasteiger partial charge in [0.25, 0.3) is 0 Å². The van der Waals surface area contributed by atoms with Crippen LogP contribution in [0.2, 0.25) is 0 Å². The third-order valence-electron chi connectivity index (χ3n) is 18.0. The maximum Gasteiger partial charge on any atom is 0.143 e. The molecule has 0 bridgehead atoms. The fourth-order valence-electron chi connectivity index (χ4n) is 14.1. The first-order chi connectivity index (χ1) is 41.6. The average Bonchev–Trinajstić information content (AvgIpc) is 4.23. The van der Waals surface area contributed by atoms with Crippen LogP contribution in [0.3, 0.4) is 0 Å². The molecule has 84 heavy (non-hydrogen) atoms. The van der Waals surface area contributed by atoms with Gasteiger partial charge in [-0.1, -0.05) is 231 Å². The fraction of sp³-hybridized carbons (Fsp3) is 0. The Morgan fingerprint density at radius 2 is 0.488 bits per heavy atom. The van der Waals surface area contributed by atoms with Crippen LogP contribution in [0.4, 0.5) is 0 Å². The molecule has 0 radical (unpaired) electrons. The molecule has 2 heteroatoms. The lowest BCUT2D eigenvalue weighted by Gasteiger charge is -2.18. The second kappa shape index (κ2) is 18.2. The molecule has 18 aromatic rings. The first-order valence-corrected chi connectivity index (χ1v) is 28.9. The zero-order valence-electron chi connectivity index (χ0n) is 45.5. The highest BCUT2D eigenvalue weighted by Gasteiger charge is 2.22. The molecule has 2 heterocycles. The minimum atomic E-state index is 0.877. The predicted molar refractivity (Wildman–Crippen MR) is 356 cm³/mol. The lowest BCUT2D eigenvalue weighted by Crippen LogP contribution is -1.91. The highest BCUT2D eigenvalue weighted by atomic mass is 16.3. The Morgan fingerprint density at radius 3 is 1.02 bits per heavy atom. The van der Waals surface area contributed by atoms with Gasteiger partial charge >= 0.3 is 0 Å². The van der Waals surface area contributed by atoms with E-state index >= 15 is 0 Å². The fourth-order valence-corrected chi connectivity index (χ4v) is 14.1. The standard InChI is InChI=1S/C82H48O2/c1-2-15-49(16-3-1)53-18-14-19-56(43-53)77-62-21-6-10-25-66(62)79(67-26-11-7-22-63(67)77)59-38-42-76-74(48-59)71-40-36-52-31-33-55(46-72(52)82(71)84-76)54-32-29-50-30-34-57(45-60(50)44-54)78-64-23-8-12-27-68(64)80(69-28-13-9-24-65(69)78)58-37-41-75-73(47-58)70-39-35-51-17-4-5-20-61(51)81(70)83-75/h1-48H. The summed E-state index contributed by atoms with van der Waals surface area (Å²) in [6.45, 7) is 0. The predicted octanol–water partition coefficient (Wildman–Crippen LogP) is 23.6. The topological polar surface area (TPSA) is 26.3 Å². The van der Waals surface area contributed by atoms with Gasteiger partial charge in [-0.05, 0) is 192 Å². The summed E-state index contributed by atoms with van der Waals surface area (Å²) < 4.78 is 13.5. The van der Waals surface area contributed by atoms with Crippen LogP contribution in [-0.2, 0) is 0 Å². The maximum absolute atomic E-state index is 6.93. The van der Waals surface area contributed by atoms with E-state index in [9.17, 15) is 0 Å². The van der Waals surface area contributed by atoms with Crippen molar-refractivity contribution in [3.8, 4) is 66.8 Å². The summed E-state index contributed by atoms with van der Waals surface area (Å²) in [6.07, 6.45) is 0. The molecular formula is C82H48O2. The van der Waals surface area contributed by atoms with Gasteiger partial charge in [0.05, 0.1) is 0 Å². The summed E-state index contributed by atoms with van der Waals surface area (Å²) in [5.41, 5.74) is 18.0. The van der Waals surface area contributed by atoms with Crippen LogP contribution in [0.1, 0.15) is 0 Å². The van der Waals surface area contributed by atoms with Crippen molar-refractivity contribution in [3.63, 3.8) is 0 Å². The minimum Gasteiger partial charge on any atom is -0.455 e. The molecule has 0 aliphatic rings. The molecular weight excluding hydrogens is 1020 g/mol. The van der Waals surface area contributed by atoms with Crippen molar-refractivity contribution in [2.24, 2.45) is 0 Å². The molecule has 0 saturated heterocycles. The molecule has 0 aliphatic heterocycles. The van der Waals surface area contributed by atoms with Gasteiger partial charge in [-0.25, -0.2) is 0 Å². The minimum absolute atomic E-state index is 0.877. The van der Waals surface area contributed by atoms with Gasteiger partial charge in [0.2, 0.25) is 0 Å². The number of furan rings is 2. The SMILES string of the molecule is c1ccc(-c2cccc(-c3c4ccccc4c(-c4ccc5oc6c7cc(-c8ccc9ccc(-c%10c%11ccccc%11c(-c%11ccc%12oc%13c%14ccccc%14ccc%13c%12c%11)c%11ccccc%10%11)cc9c8)ccc7ccc6c5c4)c4ccccc34)c2)cc1. The molecule has 16 aromatic carbocycles. The zero-order valence-corrected chi connectivity index (χ0v) is 45.5. The summed E-state index contributed by atoms with van der Waals surface area (Å²) in [6, 6.07) is 107. The van der Waals surface area contributed by atoms with E-state index in [-0.39, 0.29) is 0 Å². The molecule has 2 aromatic heterocycles. The van der Waals surface area contributed by atoms with E-state index in [0.717, 1.165) is 71.2 Å². The molecule has 0 unspecified atom stereocenters. The molecule has 388 valence electrons. The smallest absolute Gasteiger partial charge is 0.143 e. The molecule has 0 amide bonds. The van der Waals surface area contributed by atoms with E-state index in [1.54, 1.807) is 0 Å². The Labute approximate surface area is 483 Å². The highest BCUT2D eigenvalue weighted by molar-refractivity contribution is 6.25. The number of hydrogen-bond donors (Lipinski definition) is 0. The monoisotopic (exact) mass is 1060 g/mol. The van der Waals surface area contributed by atoms with E-state index < -0.39 is 0 Å². The van der Waals surface area contributed by atoms with E-state index in [1.807, 2.05) is 0 Å². The lowest BCUT2D eigenvalue weighted by molar-refractivity contribution is 0.672. The number of hydrogen-bond acceptors (Lipinski definition) is 2. The zero-order chi connectivity index (χ0) is 55.0. The van der Waals surface area contributed by atoms with Crippen molar-refractivity contribution in [3.05, 3.63) is 291 Å². The summed E-state index contributed by atoms with van der Waals surface area (Å²) in [5.74, 6) is 0. The van der Waals surface area contributed by atoms with Gasteiger partial charge in [0, 0.05) is 32.3 Å².